The Kier molecular flexibility index (Phi) is 19.3. The first-order valence-corrected chi connectivity index (χ1v) is 25.1. The number of unbranched alkanes of at least 4 members (excludes halogenated alkanes) is 9. The van der Waals surface area contributed by atoms with E-state index in [-0.39, 0.29) is 0 Å². The smallest absolute Gasteiger partial charge is 0.0449 e. The Morgan fingerprint density at radius 3 is 1.75 bits per heavy atom. The van der Waals surface area contributed by atoms with Gasteiger partial charge in [0.25, 0.3) is 0 Å². The summed E-state index contributed by atoms with van der Waals surface area (Å²) in [4.78, 5) is 13.6. The van der Waals surface area contributed by atoms with Gasteiger partial charge in [0.2, 0.25) is 0 Å². The van der Waals surface area contributed by atoms with Crippen LogP contribution >= 0.6 is 69.3 Å². The monoisotopic (exact) mass is 840 g/mol. The van der Waals surface area contributed by atoms with Gasteiger partial charge in [-0.15, -0.1) is 69.3 Å². The highest BCUT2D eigenvalue weighted by Crippen LogP contribution is 2.42. The maximum absolute atomic E-state index is 4.70. The van der Waals surface area contributed by atoms with Crippen molar-refractivity contribution in [1.29, 1.82) is 0 Å². The first-order chi connectivity index (χ1) is 26.9. The topological polar surface area (TPSA) is 0 Å². The van der Waals surface area contributed by atoms with Crippen molar-refractivity contribution in [3.63, 3.8) is 0 Å². The lowest BCUT2D eigenvalue weighted by Crippen LogP contribution is -1.81. The maximum atomic E-state index is 4.70. The number of benzene rings is 1. The molecule has 0 nitrogen and oxygen atoms in total. The molecule has 6 heteroatoms. The molecule has 0 aliphatic heterocycles. The molecular weight excluding hydrogens is 781 g/mol. The van der Waals surface area contributed by atoms with E-state index in [2.05, 4.69) is 130 Å². The molecule has 292 valence electrons. The summed E-state index contributed by atoms with van der Waals surface area (Å²) < 4.78 is 0. The van der Waals surface area contributed by atoms with Crippen LogP contribution in [-0.4, -0.2) is 0 Å². The molecule has 0 radical (unpaired) electrons. The first-order valence-electron chi connectivity index (χ1n) is 20.6. The van der Waals surface area contributed by atoms with Gasteiger partial charge in [0, 0.05) is 43.9 Å². The van der Waals surface area contributed by atoms with Gasteiger partial charge in [-0.1, -0.05) is 96.8 Å². The van der Waals surface area contributed by atoms with Gasteiger partial charge in [0.15, 0.2) is 0 Å². The van der Waals surface area contributed by atoms with Gasteiger partial charge in [-0.25, -0.2) is 0 Å². The molecule has 0 amide bonds. The minimum absolute atomic E-state index is 1.07. The molecular formula is C49H60S6. The zero-order valence-corrected chi connectivity index (χ0v) is 38.4. The van der Waals surface area contributed by atoms with E-state index < -0.39 is 0 Å². The summed E-state index contributed by atoms with van der Waals surface area (Å²) in [7, 11) is 0. The Bertz CT molecular complexity index is 2010. The van der Waals surface area contributed by atoms with Crippen molar-refractivity contribution in [2.75, 3.05) is 0 Å². The van der Waals surface area contributed by atoms with Crippen molar-refractivity contribution < 1.29 is 0 Å². The number of rotatable bonds is 21. The van der Waals surface area contributed by atoms with Gasteiger partial charge in [0.1, 0.15) is 0 Å². The van der Waals surface area contributed by atoms with E-state index in [0.29, 0.717) is 0 Å². The molecule has 0 saturated carbocycles. The van der Waals surface area contributed by atoms with Crippen LogP contribution < -0.4 is 0 Å². The molecule has 5 aromatic heterocycles. The highest BCUT2D eigenvalue weighted by molar-refractivity contribution is 7.84. The Morgan fingerprint density at radius 2 is 1.11 bits per heavy atom. The summed E-state index contributed by atoms with van der Waals surface area (Å²) in [5, 5.41) is 2.16. The SMILES string of the molecule is CCCCCC/C(S)=C/C=C/c1ccc(-c2cc(-c3ccc(C)s3)cc(-c3ccc(-c4ccc(CCCCCC)s4)s3)c2)s1.CCCCCCc1cccs1. The minimum Gasteiger partial charge on any atom is -0.149 e. The number of allylic oxidation sites excluding steroid dienone is 3. The third-order valence-electron chi connectivity index (χ3n) is 9.63. The number of thiophene rings is 5. The third kappa shape index (κ3) is 14.8. The normalized spacial score (nSPS) is 11.8. The molecule has 6 rings (SSSR count). The van der Waals surface area contributed by atoms with Crippen LogP contribution in [0.5, 0.6) is 0 Å². The van der Waals surface area contributed by atoms with E-state index in [1.807, 2.05) is 56.7 Å². The fourth-order valence-corrected chi connectivity index (χ4v) is 11.4. The van der Waals surface area contributed by atoms with Crippen LogP contribution in [-0.2, 0) is 12.8 Å². The van der Waals surface area contributed by atoms with Crippen molar-refractivity contribution in [2.45, 2.75) is 124 Å². The lowest BCUT2D eigenvalue weighted by Gasteiger charge is -2.07. The molecule has 5 heterocycles. The number of thiol groups is 1. The summed E-state index contributed by atoms with van der Waals surface area (Å²) in [6.07, 6.45) is 26.0. The van der Waals surface area contributed by atoms with E-state index in [0.717, 1.165) is 6.42 Å². The van der Waals surface area contributed by atoms with Crippen molar-refractivity contribution in [3.05, 3.63) is 121 Å². The predicted molar refractivity (Wildman–Crippen MR) is 259 cm³/mol. The Hall–Kier alpha value is -2.45. The largest absolute Gasteiger partial charge is 0.149 e. The second kappa shape index (κ2) is 24.4. The molecule has 1 aromatic carbocycles. The summed E-state index contributed by atoms with van der Waals surface area (Å²) in [6, 6.07) is 29.8. The Labute approximate surface area is 358 Å². The zero-order chi connectivity index (χ0) is 38.7. The Balaban J connectivity index is 0.000000454. The van der Waals surface area contributed by atoms with Gasteiger partial charge in [-0.2, -0.15) is 0 Å². The van der Waals surface area contributed by atoms with Crippen LogP contribution in [0.3, 0.4) is 0 Å². The maximum Gasteiger partial charge on any atom is 0.0449 e. The second-order valence-electron chi connectivity index (χ2n) is 14.4. The summed E-state index contributed by atoms with van der Waals surface area (Å²) in [5.41, 5.74) is 3.88. The van der Waals surface area contributed by atoms with Crippen molar-refractivity contribution in [3.8, 4) is 41.1 Å². The van der Waals surface area contributed by atoms with E-state index >= 15 is 0 Å². The van der Waals surface area contributed by atoms with Gasteiger partial charge >= 0.3 is 0 Å². The fourth-order valence-electron chi connectivity index (χ4n) is 6.49. The molecule has 0 saturated heterocycles. The first kappa shape index (κ1) is 43.7. The van der Waals surface area contributed by atoms with Crippen LogP contribution in [0.25, 0.3) is 47.2 Å². The van der Waals surface area contributed by atoms with E-state index in [9.17, 15) is 0 Å². The van der Waals surface area contributed by atoms with Crippen LogP contribution in [0, 0.1) is 6.92 Å². The minimum atomic E-state index is 1.07. The second-order valence-corrected chi connectivity index (χ2v) is 20.6. The highest BCUT2D eigenvalue weighted by Gasteiger charge is 2.13. The van der Waals surface area contributed by atoms with E-state index in [1.165, 1.54) is 151 Å². The fraction of sp³-hybridized carbons (Fsp3) is 0.388. The molecule has 0 fully saturated rings. The average molecular weight is 841 g/mol. The van der Waals surface area contributed by atoms with Crippen LogP contribution in [0.1, 0.15) is 124 Å². The number of aryl methyl sites for hydroxylation is 3. The molecule has 0 atom stereocenters. The van der Waals surface area contributed by atoms with Crippen LogP contribution in [0.4, 0.5) is 0 Å². The van der Waals surface area contributed by atoms with E-state index in [1.54, 1.807) is 4.88 Å². The van der Waals surface area contributed by atoms with Gasteiger partial charge < -0.3 is 0 Å². The number of hydrogen-bond donors (Lipinski definition) is 1. The summed E-state index contributed by atoms with van der Waals surface area (Å²) >= 11 is 14.2. The lowest BCUT2D eigenvalue weighted by atomic mass is 10.0. The molecule has 0 aliphatic rings. The molecule has 6 aromatic rings. The molecule has 55 heavy (non-hydrogen) atoms. The van der Waals surface area contributed by atoms with Crippen LogP contribution in [0.15, 0.2) is 101 Å². The lowest BCUT2D eigenvalue weighted by molar-refractivity contribution is 0.670. The van der Waals surface area contributed by atoms with Gasteiger partial charge in [-0.3, -0.25) is 0 Å². The average Bonchev–Trinajstić information content (AvgIpc) is 4.05. The van der Waals surface area contributed by atoms with Crippen molar-refractivity contribution in [1.82, 2.24) is 0 Å². The summed E-state index contributed by atoms with van der Waals surface area (Å²) in [5.74, 6) is 0. The molecule has 0 aliphatic carbocycles. The zero-order valence-electron chi connectivity index (χ0n) is 33.4. The van der Waals surface area contributed by atoms with Gasteiger partial charge in [0.05, 0.1) is 0 Å². The molecule has 0 unspecified atom stereocenters. The quantitative estimate of drug-likeness (QED) is 0.0417. The highest BCUT2D eigenvalue weighted by atomic mass is 32.1. The Morgan fingerprint density at radius 1 is 0.545 bits per heavy atom. The van der Waals surface area contributed by atoms with Gasteiger partial charge in [-0.05, 0) is 151 Å². The third-order valence-corrected chi connectivity index (χ3v) is 15.6. The molecule has 0 bridgehead atoms. The standard InChI is InChI=1S/C39H44S5.C10H16S/c1-4-6-8-10-13-32(40)14-12-16-34-18-21-36(42-34)30-25-29(35-20-17-28(3)41-35)26-31(27-30)37-23-24-39(44-37)38-22-19-33(43-38)15-11-9-7-5-2;1-2-3-4-5-7-10-8-6-9-11-10/h12,14,16-27,40H,4-11,13,15H2,1-3H3;6,8-9H,2-5,7H2,1H3/b16-12+,32-14-;. The molecule has 0 spiro atoms. The summed E-state index contributed by atoms with van der Waals surface area (Å²) in [6.45, 7) is 8.98. The number of hydrogen-bond acceptors (Lipinski definition) is 6. The van der Waals surface area contributed by atoms with Crippen LogP contribution in [0.2, 0.25) is 0 Å². The van der Waals surface area contributed by atoms with E-state index in [4.69, 9.17) is 12.6 Å². The van der Waals surface area contributed by atoms with Crippen molar-refractivity contribution in [2.24, 2.45) is 0 Å². The van der Waals surface area contributed by atoms with Crippen molar-refractivity contribution >= 4 is 75.4 Å². The molecule has 0 N–H and O–H groups in total. The predicted octanol–water partition coefficient (Wildman–Crippen LogP) is 18.7.